The van der Waals surface area contributed by atoms with E-state index < -0.39 is 0 Å². The van der Waals surface area contributed by atoms with Gasteiger partial charge in [0.2, 0.25) is 0 Å². The van der Waals surface area contributed by atoms with Crippen LogP contribution in [-0.4, -0.2) is 4.98 Å². The van der Waals surface area contributed by atoms with Crippen molar-refractivity contribution in [2.75, 3.05) is 0 Å². The molecule has 1 atom stereocenters. The number of hydrogen-bond donors (Lipinski definition) is 0. The largest absolute Gasteiger partial charge is 0.259 e. The number of fused-ring (bicyclic) bond motifs is 1. The van der Waals surface area contributed by atoms with Crippen molar-refractivity contribution in [1.29, 1.82) is 0 Å². The molecule has 0 amide bonds. The summed E-state index contributed by atoms with van der Waals surface area (Å²) in [5.74, 6) is 0.617. The van der Waals surface area contributed by atoms with Gasteiger partial charge in [-0.3, -0.25) is 4.98 Å². The quantitative estimate of drug-likeness (QED) is 0.599. The van der Waals surface area contributed by atoms with Crippen LogP contribution in [0.15, 0.2) is 12.3 Å². The Morgan fingerprint density at radius 3 is 3.25 bits per heavy atom. The van der Waals surface area contributed by atoms with E-state index in [0.717, 1.165) is 11.4 Å². The van der Waals surface area contributed by atoms with Crippen LogP contribution in [0, 0.1) is 0 Å². The lowest BCUT2D eigenvalue weighted by molar-refractivity contribution is 0.573. The van der Waals surface area contributed by atoms with E-state index >= 15 is 0 Å². The van der Waals surface area contributed by atoms with Crippen LogP contribution in [0.1, 0.15) is 36.9 Å². The molecule has 2 rings (SSSR count). The second-order valence-corrected chi connectivity index (χ2v) is 3.93. The molecule has 0 aromatic carbocycles. The highest BCUT2D eigenvalue weighted by Crippen LogP contribution is 2.30. The molecule has 0 spiro atoms. The van der Waals surface area contributed by atoms with Gasteiger partial charge in [0.15, 0.2) is 0 Å². The fourth-order valence-electron chi connectivity index (χ4n) is 1.87. The topological polar surface area (TPSA) is 12.9 Å². The van der Waals surface area contributed by atoms with Crippen molar-refractivity contribution in [3.05, 3.63) is 28.5 Å². The molecule has 0 aliphatic heterocycles. The van der Waals surface area contributed by atoms with E-state index in [1.807, 2.05) is 0 Å². The highest BCUT2D eigenvalue weighted by atomic mass is 35.5. The van der Waals surface area contributed by atoms with Crippen LogP contribution >= 0.6 is 11.6 Å². The molecule has 1 aromatic rings. The highest BCUT2D eigenvalue weighted by Gasteiger charge is 2.17. The molecular formula is C10H12ClN. The first kappa shape index (κ1) is 8.06. The molecule has 0 radical (unpaired) electrons. The summed E-state index contributed by atoms with van der Waals surface area (Å²) in [5, 5.41) is 0.767. The summed E-state index contributed by atoms with van der Waals surface area (Å²) in [6, 6.07) is 2.06. The summed E-state index contributed by atoms with van der Waals surface area (Å²) in [6.45, 7) is 2.24. The first-order valence-electron chi connectivity index (χ1n) is 4.41. The summed E-state index contributed by atoms with van der Waals surface area (Å²) in [7, 11) is 0. The summed E-state index contributed by atoms with van der Waals surface area (Å²) in [6.07, 6.45) is 5.44. The maximum Gasteiger partial charge on any atom is 0.0592 e. The number of rotatable bonds is 0. The summed E-state index contributed by atoms with van der Waals surface area (Å²) in [4.78, 5) is 4.37. The van der Waals surface area contributed by atoms with Crippen molar-refractivity contribution in [3.8, 4) is 0 Å². The number of aromatic nitrogens is 1. The molecule has 1 nitrogen and oxygen atoms in total. The number of halogens is 1. The van der Waals surface area contributed by atoms with Crippen LogP contribution in [0.2, 0.25) is 5.02 Å². The number of hydrogen-bond acceptors (Lipinski definition) is 1. The Bertz CT molecular complexity index is 296. The Labute approximate surface area is 77.8 Å². The maximum absolute atomic E-state index is 5.86. The van der Waals surface area contributed by atoms with Gasteiger partial charge < -0.3 is 0 Å². The van der Waals surface area contributed by atoms with Gasteiger partial charge in [-0.2, -0.15) is 0 Å². The average Bonchev–Trinajstić information content (AvgIpc) is 2.04. The van der Waals surface area contributed by atoms with E-state index in [4.69, 9.17) is 11.6 Å². The minimum absolute atomic E-state index is 0.617. The summed E-state index contributed by atoms with van der Waals surface area (Å²) >= 11 is 5.86. The van der Waals surface area contributed by atoms with Crippen molar-refractivity contribution in [3.63, 3.8) is 0 Å². The number of pyridine rings is 1. The van der Waals surface area contributed by atoms with E-state index in [0.29, 0.717) is 5.92 Å². The highest BCUT2D eigenvalue weighted by molar-refractivity contribution is 6.30. The van der Waals surface area contributed by atoms with Gasteiger partial charge in [0, 0.05) is 11.9 Å². The normalized spacial score (nSPS) is 22.0. The van der Waals surface area contributed by atoms with Gasteiger partial charge in [-0.05, 0) is 36.8 Å². The minimum atomic E-state index is 0.617. The van der Waals surface area contributed by atoms with E-state index in [2.05, 4.69) is 18.0 Å². The Morgan fingerprint density at radius 2 is 2.42 bits per heavy atom. The third kappa shape index (κ3) is 1.34. The fraction of sp³-hybridized carbons (Fsp3) is 0.500. The van der Waals surface area contributed by atoms with Crippen LogP contribution in [0.3, 0.4) is 0 Å². The number of nitrogens with zero attached hydrogens (tertiary/aromatic N) is 1. The molecule has 12 heavy (non-hydrogen) atoms. The zero-order valence-electron chi connectivity index (χ0n) is 7.18. The molecule has 2 heteroatoms. The third-order valence-corrected chi connectivity index (χ3v) is 2.72. The molecule has 1 aromatic heterocycles. The Hall–Kier alpha value is -0.560. The minimum Gasteiger partial charge on any atom is -0.259 e. The van der Waals surface area contributed by atoms with E-state index in [9.17, 15) is 0 Å². The predicted octanol–water partition coefficient (Wildman–Crippen LogP) is 3.17. The van der Waals surface area contributed by atoms with Crippen LogP contribution in [0.25, 0.3) is 0 Å². The van der Waals surface area contributed by atoms with Crippen LogP contribution in [0.4, 0.5) is 0 Å². The predicted molar refractivity (Wildman–Crippen MR) is 50.6 cm³/mol. The average molecular weight is 182 g/mol. The van der Waals surface area contributed by atoms with Gasteiger partial charge >= 0.3 is 0 Å². The number of aryl methyl sites for hydroxylation is 1. The zero-order valence-corrected chi connectivity index (χ0v) is 7.93. The molecule has 0 bridgehead atoms. The lowest BCUT2D eigenvalue weighted by Gasteiger charge is -2.20. The molecule has 64 valence electrons. The zero-order chi connectivity index (χ0) is 8.55. The SMILES string of the molecule is CC1CCCc2cc(Cl)cnc21. The van der Waals surface area contributed by atoms with Crippen LogP contribution in [-0.2, 0) is 6.42 Å². The summed E-state index contributed by atoms with van der Waals surface area (Å²) in [5.41, 5.74) is 2.60. The van der Waals surface area contributed by atoms with Gasteiger partial charge in [-0.1, -0.05) is 18.5 Å². The van der Waals surface area contributed by atoms with Crippen LogP contribution < -0.4 is 0 Å². The Morgan fingerprint density at radius 1 is 1.58 bits per heavy atom. The smallest absolute Gasteiger partial charge is 0.0592 e. The second kappa shape index (κ2) is 3.06. The van der Waals surface area contributed by atoms with Crippen molar-refractivity contribution >= 4 is 11.6 Å². The molecule has 0 N–H and O–H groups in total. The van der Waals surface area contributed by atoms with Crippen LogP contribution in [0.5, 0.6) is 0 Å². The standard InChI is InChI=1S/C10H12ClN/c1-7-3-2-4-8-5-9(11)6-12-10(7)8/h5-7H,2-4H2,1H3. The van der Waals surface area contributed by atoms with Gasteiger partial charge in [0.25, 0.3) is 0 Å². The van der Waals surface area contributed by atoms with Crippen molar-refractivity contribution < 1.29 is 0 Å². The van der Waals surface area contributed by atoms with Crippen molar-refractivity contribution in [2.45, 2.75) is 32.1 Å². The molecular weight excluding hydrogens is 170 g/mol. The first-order valence-corrected chi connectivity index (χ1v) is 4.79. The monoisotopic (exact) mass is 181 g/mol. The van der Waals surface area contributed by atoms with Gasteiger partial charge in [-0.15, -0.1) is 0 Å². The molecule has 1 aliphatic carbocycles. The first-order chi connectivity index (χ1) is 5.77. The maximum atomic E-state index is 5.86. The Balaban J connectivity index is 2.46. The summed E-state index contributed by atoms with van der Waals surface area (Å²) < 4.78 is 0. The van der Waals surface area contributed by atoms with E-state index in [1.165, 1.54) is 24.1 Å². The van der Waals surface area contributed by atoms with Gasteiger partial charge in [0.05, 0.1) is 5.02 Å². The third-order valence-electron chi connectivity index (χ3n) is 2.52. The lowest BCUT2D eigenvalue weighted by atomic mass is 9.88. The van der Waals surface area contributed by atoms with E-state index in [-0.39, 0.29) is 0 Å². The lowest BCUT2D eigenvalue weighted by Crippen LogP contribution is -2.08. The molecule has 1 unspecified atom stereocenters. The fourth-order valence-corrected chi connectivity index (χ4v) is 2.05. The van der Waals surface area contributed by atoms with Crippen molar-refractivity contribution in [1.82, 2.24) is 4.98 Å². The molecule has 0 saturated carbocycles. The van der Waals surface area contributed by atoms with Crippen molar-refractivity contribution in [2.24, 2.45) is 0 Å². The molecule has 1 heterocycles. The molecule has 0 fully saturated rings. The van der Waals surface area contributed by atoms with Gasteiger partial charge in [-0.25, -0.2) is 0 Å². The van der Waals surface area contributed by atoms with E-state index in [1.54, 1.807) is 6.20 Å². The second-order valence-electron chi connectivity index (χ2n) is 3.49. The molecule has 0 saturated heterocycles. The molecule has 1 aliphatic rings. The Kier molecular flexibility index (Phi) is 2.05. The van der Waals surface area contributed by atoms with Gasteiger partial charge in [0.1, 0.15) is 0 Å².